The number of nitrogens with two attached hydrogens (primary N) is 1. The Morgan fingerprint density at radius 1 is 1.13 bits per heavy atom. The topological polar surface area (TPSA) is 110 Å². The predicted octanol–water partition coefficient (Wildman–Crippen LogP) is -0.203. The van der Waals surface area contributed by atoms with E-state index in [4.69, 9.17) is 5.73 Å². The van der Waals surface area contributed by atoms with E-state index in [1.807, 2.05) is 27.7 Å². The maximum atomic E-state index is 12.7. The summed E-state index contributed by atoms with van der Waals surface area (Å²) in [6.07, 6.45) is 1.60. The van der Waals surface area contributed by atoms with Crippen LogP contribution in [0.2, 0.25) is 0 Å². The first-order valence-corrected chi connectivity index (χ1v) is 9.77. The molecule has 2 heterocycles. The molecule has 0 aromatic carbocycles. The van der Waals surface area contributed by atoms with Gasteiger partial charge in [-0.05, 0) is 47.0 Å². The Morgan fingerprint density at radius 3 is 2.09 bits per heavy atom. The SMILES string of the molecule is CC1(C)CC(N)CC(C)(C)N1C(=O)C(=O)NC1CCS(=O)(=O)C1. The van der Waals surface area contributed by atoms with Crippen molar-refractivity contribution in [2.45, 2.75) is 70.1 Å². The minimum absolute atomic E-state index is 0.0212. The molecule has 132 valence electrons. The van der Waals surface area contributed by atoms with Gasteiger partial charge in [0.15, 0.2) is 9.84 Å². The second kappa shape index (κ2) is 5.73. The van der Waals surface area contributed by atoms with Gasteiger partial charge in [0, 0.05) is 23.2 Å². The Bertz CT molecular complexity index is 594. The number of hydrogen-bond acceptors (Lipinski definition) is 5. The van der Waals surface area contributed by atoms with Gasteiger partial charge in [0.05, 0.1) is 11.5 Å². The standard InChI is InChI=1S/C15H27N3O4S/c1-14(2)7-10(16)8-15(3,4)18(14)13(20)12(19)17-11-5-6-23(21,22)9-11/h10-11H,5-9,16H2,1-4H3,(H,17,19). The van der Waals surface area contributed by atoms with Gasteiger partial charge in [-0.15, -0.1) is 0 Å². The van der Waals surface area contributed by atoms with Crippen molar-refractivity contribution < 1.29 is 18.0 Å². The van der Waals surface area contributed by atoms with Crippen LogP contribution in [0.25, 0.3) is 0 Å². The van der Waals surface area contributed by atoms with Gasteiger partial charge < -0.3 is 16.0 Å². The fraction of sp³-hybridized carbons (Fsp3) is 0.867. The lowest BCUT2D eigenvalue weighted by molar-refractivity contribution is -0.159. The summed E-state index contributed by atoms with van der Waals surface area (Å²) in [6, 6.07) is -0.498. The fourth-order valence-corrected chi connectivity index (χ4v) is 5.84. The molecule has 0 spiro atoms. The van der Waals surface area contributed by atoms with E-state index >= 15 is 0 Å². The van der Waals surface area contributed by atoms with Crippen LogP contribution in [0.5, 0.6) is 0 Å². The number of amides is 2. The van der Waals surface area contributed by atoms with Crippen molar-refractivity contribution in [1.29, 1.82) is 0 Å². The lowest BCUT2D eigenvalue weighted by atomic mass is 9.77. The monoisotopic (exact) mass is 345 g/mol. The van der Waals surface area contributed by atoms with Gasteiger partial charge in [-0.3, -0.25) is 9.59 Å². The highest BCUT2D eigenvalue weighted by atomic mass is 32.2. The number of carbonyl (C=O) groups is 2. The smallest absolute Gasteiger partial charge is 0.312 e. The largest absolute Gasteiger partial charge is 0.344 e. The first kappa shape index (κ1) is 18.2. The van der Waals surface area contributed by atoms with Crippen LogP contribution in [0, 0.1) is 0 Å². The summed E-state index contributed by atoms with van der Waals surface area (Å²) in [5, 5.41) is 2.58. The molecule has 0 bridgehead atoms. The highest BCUT2D eigenvalue weighted by Crippen LogP contribution is 2.37. The van der Waals surface area contributed by atoms with Crippen molar-refractivity contribution in [1.82, 2.24) is 10.2 Å². The van der Waals surface area contributed by atoms with Crippen molar-refractivity contribution in [3.05, 3.63) is 0 Å². The Labute approximate surface area is 137 Å². The van der Waals surface area contributed by atoms with E-state index in [1.54, 1.807) is 4.90 Å². The molecular weight excluding hydrogens is 318 g/mol. The minimum Gasteiger partial charge on any atom is -0.344 e. The summed E-state index contributed by atoms with van der Waals surface area (Å²) in [5.74, 6) is -1.38. The van der Waals surface area contributed by atoms with Crippen LogP contribution < -0.4 is 11.1 Å². The summed E-state index contributed by atoms with van der Waals surface area (Å²) in [5.41, 5.74) is 5.02. The third-order valence-corrected chi connectivity index (χ3v) is 6.47. The average molecular weight is 345 g/mol. The molecule has 1 unspecified atom stereocenters. The van der Waals surface area contributed by atoms with Crippen LogP contribution in [0.1, 0.15) is 47.0 Å². The molecule has 0 aliphatic carbocycles. The normalized spacial score (nSPS) is 29.3. The van der Waals surface area contributed by atoms with Crippen LogP contribution in [0.3, 0.4) is 0 Å². The van der Waals surface area contributed by atoms with Crippen LogP contribution in [0.4, 0.5) is 0 Å². The average Bonchev–Trinajstić information content (AvgIpc) is 2.64. The molecule has 7 nitrogen and oxygen atoms in total. The quantitative estimate of drug-likeness (QED) is 0.640. The van der Waals surface area contributed by atoms with E-state index in [2.05, 4.69) is 5.32 Å². The van der Waals surface area contributed by atoms with Gasteiger partial charge in [0.2, 0.25) is 0 Å². The fourth-order valence-electron chi connectivity index (χ4n) is 4.16. The van der Waals surface area contributed by atoms with Crippen LogP contribution in [0.15, 0.2) is 0 Å². The lowest BCUT2D eigenvalue weighted by Crippen LogP contribution is -2.67. The van der Waals surface area contributed by atoms with E-state index in [0.29, 0.717) is 19.3 Å². The van der Waals surface area contributed by atoms with Crippen LogP contribution in [-0.2, 0) is 19.4 Å². The summed E-state index contributed by atoms with van der Waals surface area (Å²) in [6.45, 7) is 7.61. The summed E-state index contributed by atoms with van der Waals surface area (Å²) >= 11 is 0. The summed E-state index contributed by atoms with van der Waals surface area (Å²) in [4.78, 5) is 26.6. The maximum absolute atomic E-state index is 12.7. The third kappa shape index (κ3) is 3.85. The van der Waals surface area contributed by atoms with Gasteiger partial charge >= 0.3 is 11.8 Å². The zero-order valence-electron chi connectivity index (χ0n) is 14.3. The number of nitrogens with zero attached hydrogens (tertiary/aromatic N) is 1. The second-order valence-electron chi connectivity index (χ2n) is 8.01. The Morgan fingerprint density at radius 2 is 1.65 bits per heavy atom. The minimum atomic E-state index is -3.10. The van der Waals surface area contributed by atoms with E-state index in [9.17, 15) is 18.0 Å². The molecule has 0 saturated carbocycles. The molecule has 2 aliphatic rings. The third-order valence-electron chi connectivity index (χ3n) is 4.70. The summed E-state index contributed by atoms with van der Waals surface area (Å²) < 4.78 is 23.0. The van der Waals surface area contributed by atoms with Crippen LogP contribution in [-0.4, -0.2) is 59.8 Å². The van der Waals surface area contributed by atoms with E-state index in [0.717, 1.165) is 0 Å². The molecule has 2 amide bonds. The molecule has 0 aromatic heterocycles. The molecule has 2 rings (SSSR count). The Balaban J connectivity index is 2.13. The van der Waals surface area contributed by atoms with Crippen molar-refractivity contribution in [3.8, 4) is 0 Å². The molecule has 0 radical (unpaired) electrons. The second-order valence-corrected chi connectivity index (χ2v) is 10.2. The van der Waals surface area contributed by atoms with Crippen molar-refractivity contribution in [3.63, 3.8) is 0 Å². The van der Waals surface area contributed by atoms with Gasteiger partial charge in [0.25, 0.3) is 0 Å². The zero-order valence-corrected chi connectivity index (χ0v) is 15.1. The maximum Gasteiger partial charge on any atom is 0.312 e. The van der Waals surface area contributed by atoms with Gasteiger partial charge in [-0.25, -0.2) is 8.42 Å². The Kier molecular flexibility index (Phi) is 4.54. The number of piperidine rings is 1. The number of sulfone groups is 1. The van der Waals surface area contributed by atoms with E-state index in [1.165, 1.54) is 0 Å². The molecular formula is C15H27N3O4S. The first-order valence-electron chi connectivity index (χ1n) is 7.95. The molecule has 23 heavy (non-hydrogen) atoms. The van der Waals surface area contributed by atoms with Crippen molar-refractivity contribution in [2.24, 2.45) is 5.73 Å². The highest BCUT2D eigenvalue weighted by Gasteiger charge is 2.48. The molecule has 2 fully saturated rings. The predicted molar refractivity (Wildman–Crippen MR) is 87.4 cm³/mol. The lowest BCUT2D eigenvalue weighted by Gasteiger charge is -2.54. The number of nitrogens with one attached hydrogen (secondary N) is 1. The first-order chi connectivity index (χ1) is 10.3. The molecule has 3 N–H and O–H groups in total. The van der Waals surface area contributed by atoms with Crippen molar-refractivity contribution in [2.75, 3.05) is 11.5 Å². The van der Waals surface area contributed by atoms with Gasteiger partial charge in [-0.1, -0.05) is 0 Å². The highest BCUT2D eigenvalue weighted by molar-refractivity contribution is 7.91. The number of likely N-dealkylation sites (tertiary alicyclic amines) is 1. The van der Waals surface area contributed by atoms with E-state index < -0.39 is 38.8 Å². The van der Waals surface area contributed by atoms with Crippen molar-refractivity contribution >= 4 is 21.7 Å². The van der Waals surface area contributed by atoms with Crippen LogP contribution >= 0.6 is 0 Å². The Hall–Kier alpha value is -1.15. The number of hydrogen-bond donors (Lipinski definition) is 2. The van der Waals surface area contributed by atoms with Gasteiger partial charge in [-0.2, -0.15) is 0 Å². The molecule has 8 heteroatoms. The summed E-state index contributed by atoms with van der Waals surface area (Å²) in [7, 11) is -3.10. The number of rotatable bonds is 1. The molecule has 0 aromatic rings. The van der Waals surface area contributed by atoms with Gasteiger partial charge in [0.1, 0.15) is 0 Å². The zero-order chi connectivity index (χ0) is 17.6. The number of carbonyl (C=O) groups excluding carboxylic acids is 2. The van der Waals surface area contributed by atoms with E-state index in [-0.39, 0.29) is 17.5 Å². The molecule has 1 atom stereocenters. The molecule has 2 saturated heterocycles. The molecule has 2 aliphatic heterocycles.